The summed E-state index contributed by atoms with van der Waals surface area (Å²) < 4.78 is 32.5. The van der Waals surface area contributed by atoms with Crippen molar-refractivity contribution in [3.8, 4) is 0 Å². The van der Waals surface area contributed by atoms with Crippen LogP contribution in [0, 0.1) is 11.6 Å². The number of ether oxygens (including phenoxy) is 1. The number of likely N-dealkylation sites (tertiary alicyclic amines) is 1. The van der Waals surface area contributed by atoms with E-state index in [0.29, 0.717) is 32.1 Å². The van der Waals surface area contributed by atoms with E-state index in [4.69, 9.17) is 4.74 Å². The summed E-state index contributed by atoms with van der Waals surface area (Å²) in [6.45, 7) is 2.96. The van der Waals surface area contributed by atoms with Crippen molar-refractivity contribution in [3.63, 3.8) is 0 Å². The zero-order chi connectivity index (χ0) is 23.2. The number of amides is 1. The van der Waals surface area contributed by atoms with Gasteiger partial charge < -0.3 is 9.64 Å². The second-order valence-electron chi connectivity index (χ2n) is 8.84. The molecule has 0 N–H and O–H groups in total. The molecule has 1 amide bonds. The average Bonchev–Trinajstić information content (AvgIpc) is 3.26. The maximum Gasteiger partial charge on any atom is 0.328 e. The number of nitrogens with zero attached hydrogens (tertiary/aromatic N) is 1. The molecule has 4 nitrogen and oxygen atoms in total. The fourth-order valence-electron chi connectivity index (χ4n) is 4.28. The fourth-order valence-corrected chi connectivity index (χ4v) is 4.28. The molecule has 0 bridgehead atoms. The van der Waals surface area contributed by atoms with Crippen LogP contribution in [0.2, 0.25) is 0 Å². The van der Waals surface area contributed by atoms with Gasteiger partial charge >= 0.3 is 5.97 Å². The highest BCUT2D eigenvalue weighted by Crippen LogP contribution is 2.23. The number of halogens is 2. The average molecular weight is 452 g/mol. The van der Waals surface area contributed by atoms with Crippen molar-refractivity contribution in [1.82, 2.24) is 4.90 Å². The highest BCUT2D eigenvalue weighted by molar-refractivity contribution is 5.97. The first-order valence-corrected chi connectivity index (χ1v) is 12.5. The maximum atomic E-state index is 14.0. The van der Waals surface area contributed by atoms with Gasteiger partial charge in [-0.1, -0.05) is 77.6 Å². The minimum absolute atomic E-state index is 0.216. The van der Waals surface area contributed by atoms with Crippen LogP contribution in [0.1, 0.15) is 107 Å². The van der Waals surface area contributed by atoms with Gasteiger partial charge in [0.2, 0.25) is 0 Å². The lowest BCUT2D eigenvalue weighted by Gasteiger charge is -2.23. The van der Waals surface area contributed by atoms with Crippen molar-refractivity contribution in [1.29, 1.82) is 0 Å². The number of hydrogen-bond acceptors (Lipinski definition) is 3. The number of carbonyl (C=O) groups excluding carboxylic acids is 2. The molecule has 1 heterocycles. The van der Waals surface area contributed by atoms with Crippen molar-refractivity contribution in [2.24, 2.45) is 0 Å². The van der Waals surface area contributed by atoms with Crippen LogP contribution in [-0.2, 0) is 9.53 Å². The first-order valence-electron chi connectivity index (χ1n) is 12.5. The van der Waals surface area contributed by atoms with Crippen LogP contribution in [0.3, 0.4) is 0 Å². The van der Waals surface area contributed by atoms with Gasteiger partial charge in [-0.15, -0.1) is 0 Å². The highest BCUT2D eigenvalue weighted by Gasteiger charge is 2.36. The summed E-state index contributed by atoms with van der Waals surface area (Å²) >= 11 is 0. The van der Waals surface area contributed by atoms with E-state index in [1.165, 1.54) is 62.7 Å². The standard InChI is InChI=1S/C26H39F2NO3/c1-2-3-4-5-6-7-8-9-10-11-12-13-19-32-26(31)24-15-14-18-29(24)25(30)22-17-16-21(27)20-23(22)28/h16-17,20,24H,2-15,18-19H2,1H3. The maximum absolute atomic E-state index is 14.0. The van der Waals surface area contributed by atoms with Gasteiger partial charge in [0.15, 0.2) is 0 Å². The first-order chi connectivity index (χ1) is 15.5. The summed E-state index contributed by atoms with van der Waals surface area (Å²) in [6.07, 6.45) is 16.0. The Labute approximate surface area is 191 Å². The Balaban J connectivity index is 1.58. The summed E-state index contributed by atoms with van der Waals surface area (Å²) in [5, 5.41) is 0. The van der Waals surface area contributed by atoms with Crippen molar-refractivity contribution >= 4 is 11.9 Å². The zero-order valence-corrected chi connectivity index (χ0v) is 19.6. The molecule has 0 aliphatic carbocycles. The van der Waals surface area contributed by atoms with E-state index in [1.54, 1.807) is 0 Å². The number of esters is 1. The molecule has 180 valence electrons. The van der Waals surface area contributed by atoms with Gasteiger partial charge in [0.05, 0.1) is 12.2 Å². The lowest BCUT2D eigenvalue weighted by atomic mass is 10.1. The van der Waals surface area contributed by atoms with Crippen LogP contribution in [0.5, 0.6) is 0 Å². The summed E-state index contributed by atoms with van der Waals surface area (Å²) in [4.78, 5) is 26.4. The molecular formula is C26H39F2NO3. The van der Waals surface area contributed by atoms with E-state index in [0.717, 1.165) is 31.4 Å². The lowest BCUT2D eigenvalue weighted by molar-refractivity contribution is -0.148. The minimum atomic E-state index is -0.912. The molecule has 1 aromatic carbocycles. The van der Waals surface area contributed by atoms with Crippen molar-refractivity contribution in [2.75, 3.05) is 13.2 Å². The van der Waals surface area contributed by atoms with Gasteiger partial charge in [0.25, 0.3) is 5.91 Å². The molecule has 1 unspecified atom stereocenters. The Morgan fingerprint density at radius 1 is 0.938 bits per heavy atom. The predicted molar refractivity (Wildman–Crippen MR) is 122 cm³/mol. The second-order valence-corrected chi connectivity index (χ2v) is 8.84. The largest absolute Gasteiger partial charge is 0.464 e. The Morgan fingerprint density at radius 2 is 1.53 bits per heavy atom. The van der Waals surface area contributed by atoms with Crippen molar-refractivity contribution in [2.45, 2.75) is 103 Å². The normalized spacial score (nSPS) is 15.8. The molecule has 1 fully saturated rings. The van der Waals surface area contributed by atoms with Gasteiger partial charge in [-0.2, -0.15) is 0 Å². The van der Waals surface area contributed by atoms with Crippen LogP contribution in [0.25, 0.3) is 0 Å². The third-order valence-electron chi connectivity index (χ3n) is 6.19. The van der Waals surface area contributed by atoms with Gasteiger partial charge in [0, 0.05) is 12.6 Å². The van der Waals surface area contributed by atoms with Crippen molar-refractivity contribution in [3.05, 3.63) is 35.4 Å². The number of rotatable bonds is 15. The molecule has 0 saturated carbocycles. The SMILES string of the molecule is CCCCCCCCCCCCCCOC(=O)C1CCCN1C(=O)c1ccc(F)cc1F. The third kappa shape index (κ3) is 8.87. The van der Waals surface area contributed by atoms with Gasteiger partial charge in [-0.05, 0) is 31.4 Å². The predicted octanol–water partition coefficient (Wildman–Crippen LogP) is 6.81. The quantitative estimate of drug-likeness (QED) is 0.217. The van der Waals surface area contributed by atoms with Gasteiger partial charge in [-0.3, -0.25) is 4.79 Å². The summed E-state index contributed by atoms with van der Waals surface area (Å²) in [5.41, 5.74) is -0.216. The van der Waals surface area contributed by atoms with E-state index in [9.17, 15) is 18.4 Å². The van der Waals surface area contributed by atoms with Crippen LogP contribution < -0.4 is 0 Å². The molecular weight excluding hydrogens is 412 g/mol. The van der Waals surface area contributed by atoms with Crippen LogP contribution in [0.15, 0.2) is 18.2 Å². The monoisotopic (exact) mass is 451 g/mol. The van der Waals surface area contributed by atoms with Gasteiger partial charge in [0.1, 0.15) is 17.7 Å². The smallest absolute Gasteiger partial charge is 0.328 e. The molecule has 0 radical (unpaired) electrons. The molecule has 0 spiro atoms. The van der Waals surface area contributed by atoms with E-state index in [-0.39, 0.29) is 5.56 Å². The first kappa shape index (κ1) is 26.3. The molecule has 0 aromatic heterocycles. The molecule has 2 rings (SSSR count). The molecule has 1 saturated heterocycles. The lowest BCUT2D eigenvalue weighted by Crippen LogP contribution is -2.41. The number of benzene rings is 1. The fraction of sp³-hybridized carbons (Fsp3) is 0.692. The Bertz CT molecular complexity index is 710. The van der Waals surface area contributed by atoms with Crippen LogP contribution in [-0.4, -0.2) is 36.0 Å². The van der Waals surface area contributed by atoms with E-state index in [1.807, 2.05) is 0 Å². The van der Waals surface area contributed by atoms with E-state index >= 15 is 0 Å². The Hall–Kier alpha value is -1.98. The minimum Gasteiger partial charge on any atom is -0.464 e. The topological polar surface area (TPSA) is 46.6 Å². The third-order valence-corrected chi connectivity index (χ3v) is 6.19. The summed E-state index contributed by atoms with van der Waals surface area (Å²) in [7, 11) is 0. The molecule has 1 aliphatic heterocycles. The second kappa shape index (κ2) is 15.0. The van der Waals surface area contributed by atoms with Crippen LogP contribution >= 0.6 is 0 Å². The number of carbonyl (C=O) groups is 2. The number of hydrogen-bond donors (Lipinski definition) is 0. The van der Waals surface area contributed by atoms with Crippen LogP contribution in [0.4, 0.5) is 8.78 Å². The molecule has 6 heteroatoms. The number of unbranched alkanes of at least 4 members (excludes halogenated alkanes) is 11. The molecule has 1 atom stereocenters. The molecule has 1 aliphatic rings. The molecule has 32 heavy (non-hydrogen) atoms. The summed E-state index contributed by atoms with van der Waals surface area (Å²) in [5.74, 6) is -2.67. The van der Waals surface area contributed by atoms with Crippen molar-refractivity contribution < 1.29 is 23.1 Å². The zero-order valence-electron chi connectivity index (χ0n) is 19.6. The van der Waals surface area contributed by atoms with E-state index in [2.05, 4.69) is 6.92 Å². The van der Waals surface area contributed by atoms with Gasteiger partial charge in [-0.25, -0.2) is 13.6 Å². The summed E-state index contributed by atoms with van der Waals surface area (Å²) in [6, 6.07) is 2.17. The Morgan fingerprint density at radius 3 is 2.12 bits per heavy atom. The Kier molecular flexibility index (Phi) is 12.3. The highest BCUT2D eigenvalue weighted by atomic mass is 19.1. The molecule has 1 aromatic rings. The van der Waals surface area contributed by atoms with E-state index < -0.39 is 29.6 Å².